The third-order valence-corrected chi connectivity index (χ3v) is 5.71. The van der Waals surface area contributed by atoms with Crippen molar-refractivity contribution in [3.63, 3.8) is 0 Å². The number of carbonyl (C=O) groups excluding carboxylic acids is 3. The molecule has 1 heterocycles. The Hall–Kier alpha value is -3.19. The molecule has 0 spiro atoms. The first-order valence-corrected chi connectivity index (χ1v) is 10.8. The van der Waals surface area contributed by atoms with Crippen LogP contribution >= 0.6 is 0 Å². The second-order valence-electron chi connectivity index (χ2n) is 8.17. The SMILES string of the molecule is O=C(CN1CCN(C(=O)c2ccc(NC(=O)C3CC3)cc2)CC1)NCc1ccccc1. The van der Waals surface area contributed by atoms with Gasteiger partial charge in [0, 0.05) is 49.9 Å². The van der Waals surface area contributed by atoms with E-state index in [9.17, 15) is 14.4 Å². The third kappa shape index (κ3) is 5.92. The number of hydrogen-bond donors (Lipinski definition) is 2. The number of anilines is 1. The van der Waals surface area contributed by atoms with Gasteiger partial charge in [-0.05, 0) is 42.7 Å². The van der Waals surface area contributed by atoms with E-state index in [2.05, 4.69) is 15.5 Å². The first kappa shape index (κ1) is 21.1. The minimum atomic E-state index is -0.0201. The molecule has 4 rings (SSSR count). The molecule has 0 atom stereocenters. The monoisotopic (exact) mass is 420 g/mol. The normalized spacial score (nSPS) is 16.6. The zero-order valence-electron chi connectivity index (χ0n) is 17.5. The Kier molecular flexibility index (Phi) is 6.62. The Labute approximate surface area is 182 Å². The van der Waals surface area contributed by atoms with E-state index in [0.717, 1.165) is 24.1 Å². The van der Waals surface area contributed by atoms with Gasteiger partial charge >= 0.3 is 0 Å². The summed E-state index contributed by atoms with van der Waals surface area (Å²) >= 11 is 0. The molecule has 0 aromatic heterocycles. The lowest BCUT2D eigenvalue weighted by Gasteiger charge is -2.34. The van der Waals surface area contributed by atoms with Crippen LogP contribution in [0.25, 0.3) is 0 Å². The summed E-state index contributed by atoms with van der Waals surface area (Å²) in [5, 5.41) is 5.83. The van der Waals surface area contributed by atoms with Crippen LogP contribution in [0.1, 0.15) is 28.8 Å². The van der Waals surface area contributed by atoms with Crippen LogP contribution < -0.4 is 10.6 Å². The van der Waals surface area contributed by atoms with Gasteiger partial charge in [-0.3, -0.25) is 19.3 Å². The Morgan fingerprint density at radius 1 is 0.871 bits per heavy atom. The molecule has 2 N–H and O–H groups in total. The van der Waals surface area contributed by atoms with E-state index in [-0.39, 0.29) is 23.6 Å². The minimum absolute atomic E-state index is 0.00698. The summed E-state index contributed by atoms with van der Waals surface area (Å²) in [5.74, 6) is 0.182. The Balaban J connectivity index is 1.20. The van der Waals surface area contributed by atoms with E-state index in [1.807, 2.05) is 35.2 Å². The van der Waals surface area contributed by atoms with Crippen LogP contribution in [0.2, 0.25) is 0 Å². The second-order valence-corrected chi connectivity index (χ2v) is 8.17. The van der Waals surface area contributed by atoms with Gasteiger partial charge in [0.1, 0.15) is 0 Å². The summed E-state index contributed by atoms with van der Waals surface area (Å²) in [4.78, 5) is 40.7. The summed E-state index contributed by atoms with van der Waals surface area (Å²) in [7, 11) is 0. The Bertz CT molecular complexity index is 918. The van der Waals surface area contributed by atoms with Gasteiger partial charge in [-0.2, -0.15) is 0 Å². The molecule has 0 radical (unpaired) electrons. The number of amides is 3. The van der Waals surface area contributed by atoms with E-state index < -0.39 is 0 Å². The topological polar surface area (TPSA) is 81.8 Å². The average Bonchev–Trinajstić information content (AvgIpc) is 3.65. The molecule has 162 valence electrons. The number of piperazine rings is 1. The fourth-order valence-electron chi connectivity index (χ4n) is 3.63. The molecule has 1 aliphatic heterocycles. The van der Waals surface area contributed by atoms with Gasteiger partial charge < -0.3 is 15.5 Å². The molecule has 1 aliphatic carbocycles. The second kappa shape index (κ2) is 9.75. The van der Waals surface area contributed by atoms with Gasteiger partial charge in [-0.15, -0.1) is 0 Å². The van der Waals surface area contributed by atoms with Gasteiger partial charge in [0.15, 0.2) is 0 Å². The molecule has 1 saturated carbocycles. The zero-order valence-corrected chi connectivity index (χ0v) is 17.5. The molecule has 3 amide bonds. The molecule has 2 fully saturated rings. The lowest BCUT2D eigenvalue weighted by atomic mass is 10.1. The van der Waals surface area contributed by atoms with Crippen LogP contribution in [0.5, 0.6) is 0 Å². The standard InChI is InChI=1S/C24H28N4O3/c29-22(25-16-18-4-2-1-3-5-18)17-27-12-14-28(15-13-27)24(31)20-8-10-21(11-9-20)26-23(30)19-6-7-19/h1-5,8-11,19H,6-7,12-17H2,(H,25,29)(H,26,30). The van der Waals surface area contributed by atoms with Crippen LogP contribution in [0, 0.1) is 5.92 Å². The van der Waals surface area contributed by atoms with Gasteiger partial charge in [0.25, 0.3) is 5.91 Å². The van der Waals surface area contributed by atoms with Crippen LogP contribution in [0.3, 0.4) is 0 Å². The smallest absolute Gasteiger partial charge is 0.253 e. The van der Waals surface area contributed by atoms with Crippen molar-refractivity contribution in [3.05, 3.63) is 65.7 Å². The third-order valence-electron chi connectivity index (χ3n) is 5.71. The summed E-state index contributed by atoms with van der Waals surface area (Å²) in [5.41, 5.74) is 2.41. The fourth-order valence-corrected chi connectivity index (χ4v) is 3.63. The van der Waals surface area contributed by atoms with Crippen LogP contribution in [-0.4, -0.2) is 60.2 Å². The number of rotatable bonds is 7. The highest BCUT2D eigenvalue weighted by molar-refractivity contribution is 5.96. The molecule has 2 aromatic rings. The molecular weight excluding hydrogens is 392 g/mol. The minimum Gasteiger partial charge on any atom is -0.351 e. The predicted octanol–water partition coefficient (Wildman–Crippen LogP) is 2.11. The average molecular weight is 421 g/mol. The van der Waals surface area contributed by atoms with Gasteiger partial charge in [-0.25, -0.2) is 0 Å². The maximum Gasteiger partial charge on any atom is 0.253 e. The molecule has 2 aromatic carbocycles. The summed E-state index contributed by atoms with van der Waals surface area (Å²) in [6, 6.07) is 16.9. The first-order chi connectivity index (χ1) is 15.1. The van der Waals surface area contributed by atoms with Crippen molar-refractivity contribution >= 4 is 23.4 Å². The molecule has 2 aliphatic rings. The lowest BCUT2D eigenvalue weighted by molar-refractivity contribution is -0.122. The summed E-state index contributed by atoms with van der Waals surface area (Å²) in [6.45, 7) is 3.37. The first-order valence-electron chi connectivity index (χ1n) is 10.8. The fraction of sp³-hybridized carbons (Fsp3) is 0.375. The van der Waals surface area contributed by atoms with E-state index in [1.165, 1.54) is 0 Å². The Morgan fingerprint density at radius 3 is 2.19 bits per heavy atom. The molecule has 7 nitrogen and oxygen atoms in total. The number of nitrogens with one attached hydrogen (secondary N) is 2. The highest BCUT2D eigenvalue weighted by atomic mass is 16.2. The number of hydrogen-bond acceptors (Lipinski definition) is 4. The van der Waals surface area contributed by atoms with E-state index in [1.54, 1.807) is 24.3 Å². The molecule has 7 heteroatoms. The van der Waals surface area contributed by atoms with E-state index >= 15 is 0 Å². The van der Waals surface area contributed by atoms with Gasteiger partial charge in [0.05, 0.1) is 6.54 Å². The summed E-state index contributed by atoms with van der Waals surface area (Å²) < 4.78 is 0. The largest absolute Gasteiger partial charge is 0.351 e. The van der Waals surface area contributed by atoms with Crippen molar-refractivity contribution in [3.8, 4) is 0 Å². The van der Waals surface area contributed by atoms with Crippen LogP contribution in [0.4, 0.5) is 5.69 Å². The van der Waals surface area contributed by atoms with Crippen molar-refractivity contribution in [2.75, 3.05) is 38.0 Å². The highest BCUT2D eigenvalue weighted by Gasteiger charge is 2.29. The number of benzene rings is 2. The maximum atomic E-state index is 12.8. The lowest BCUT2D eigenvalue weighted by Crippen LogP contribution is -2.51. The van der Waals surface area contributed by atoms with Crippen molar-refractivity contribution in [2.45, 2.75) is 19.4 Å². The molecule has 0 unspecified atom stereocenters. The quantitative estimate of drug-likeness (QED) is 0.719. The van der Waals surface area contributed by atoms with Crippen LogP contribution in [-0.2, 0) is 16.1 Å². The number of carbonyl (C=O) groups is 3. The predicted molar refractivity (Wildman–Crippen MR) is 118 cm³/mol. The van der Waals surface area contributed by atoms with Crippen molar-refractivity contribution in [1.82, 2.24) is 15.1 Å². The van der Waals surface area contributed by atoms with E-state index in [4.69, 9.17) is 0 Å². The van der Waals surface area contributed by atoms with Crippen molar-refractivity contribution < 1.29 is 14.4 Å². The zero-order chi connectivity index (χ0) is 21.6. The van der Waals surface area contributed by atoms with Crippen molar-refractivity contribution in [1.29, 1.82) is 0 Å². The Morgan fingerprint density at radius 2 is 1.55 bits per heavy atom. The van der Waals surface area contributed by atoms with Gasteiger partial charge in [-0.1, -0.05) is 30.3 Å². The molecular formula is C24H28N4O3. The maximum absolute atomic E-state index is 12.8. The van der Waals surface area contributed by atoms with Crippen LogP contribution in [0.15, 0.2) is 54.6 Å². The molecule has 0 bridgehead atoms. The van der Waals surface area contributed by atoms with Gasteiger partial charge in [0.2, 0.25) is 11.8 Å². The molecule has 1 saturated heterocycles. The number of nitrogens with zero attached hydrogens (tertiary/aromatic N) is 2. The van der Waals surface area contributed by atoms with E-state index in [0.29, 0.717) is 44.8 Å². The summed E-state index contributed by atoms with van der Waals surface area (Å²) in [6.07, 6.45) is 1.92. The highest BCUT2D eigenvalue weighted by Crippen LogP contribution is 2.30. The molecule has 31 heavy (non-hydrogen) atoms. The van der Waals surface area contributed by atoms with Crippen molar-refractivity contribution in [2.24, 2.45) is 5.92 Å².